The predicted molar refractivity (Wildman–Crippen MR) is 123 cm³/mol. The van der Waals surface area contributed by atoms with Gasteiger partial charge in [0, 0.05) is 13.7 Å². The van der Waals surface area contributed by atoms with E-state index in [1.807, 2.05) is 92.0 Å². The maximum absolute atomic E-state index is 10.6. The van der Waals surface area contributed by atoms with Crippen molar-refractivity contribution in [2.24, 2.45) is 0 Å². The minimum absolute atomic E-state index is 0.0677. The Hall–Kier alpha value is -3.15. The van der Waals surface area contributed by atoms with Gasteiger partial charge in [-0.25, -0.2) is 0 Å². The summed E-state index contributed by atoms with van der Waals surface area (Å²) in [7, 11) is 3.51. The highest BCUT2D eigenvalue weighted by Crippen LogP contribution is 2.14. The molecule has 0 bridgehead atoms. The van der Waals surface area contributed by atoms with Crippen LogP contribution in [0.4, 0.5) is 0 Å². The molecule has 5 nitrogen and oxygen atoms in total. The molecule has 0 unspecified atom stereocenters. The summed E-state index contributed by atoms with van der Waals surface area (Å²) in [5, 5.41) is 8.71. The molecule has 31 heavy (non-hydrogen) atoms. The number of hydrogen-bond acceptors (Lipinski definition) is 4. The Balaban J connectivity index is 0.000000316. The monoisotopic (exact) mass is 421 g/mol. The van der Waals surface area contributed by atoms with Crippen molar-refractivity contribution in [2.75, 3.05) is 27.2 Å². The lowest BCUT2D eigenvalue weighted by Crippen LogP contribution is -2.27. The highest BCUT2D eigenvalue weighted by atomic mass is 16.5. The molecule has 0 radical (unpaired) electrons. The van der Waals surface area contributed by atoms with E-state index >= 15 is 0 Å². The summed E-state index contributed by atoms with van der Waals surface area (Å²) in [5.74, 6) is 0.0404. The Labute approximate surface area is 184 Å². The maximum atomic E-state index is 10.6. The first kappa shape index (κ1) is 24.1. The lowest BCUT2D eigenvalue weighted by atomic mass is 10.1. The van der Waals surface area contributed by atoms with Crippen molar-refractivity contribution in [3.63, 3.8) is 0 Å². The van der Waals surface area contributed by atoms with E-state index in [1.165, 1.54) is 11.1 Å². The molecule has 3 rings (SSSR count). The molecule has 0 atom stereocenters. The summed E-state index contributed by atoms with van der Waals surface area (Å²) < 4.78 is 10.7. The van der Waals surface area contributed by atoms with Gasteiger partial charge in [-0.1, -0.05) is 72.8 Å². The van der Waals surface area contributed by atoms with E-state index in [4.69, 9.17) is 14.6 Å². The van der Waals surface area contributed by atoms with Crippen LogP contribution in [0.25, 0.3) is 0 Å². The second-order valence-corrected chi connectivity index (χ2v) is 7.22. The van der Waals surface area contributed by atoms with E-state index in [9.17, 15) is 4.79 Å². The molecular weight excluding hydrogens is 390 g/mol. The summed E-state index contributed by atoms with van der Waals surface area (Å²) in [5.41, 5.74) is 3.53. The van der Waals surface area contributed by atoms with Gasteiger partial charge in [0.25, 0.3) is 0 Å². The van der Waals surface area contributed by atoms with Crippen LogP contribution in [-0.2, 0) is 29.2 Å². The molecule has 3 aromatic carbocycles. The largest absolute Gasteiger partial charge is 0.489 e. The van der Waals surface area contributed by atoms with Gasteiger partial charge in [0.1, 0.15) is 12.4 Å². The Morgan fingerprint density at radius 1 is 0.806 bits per heavy atom. The van der Waals surface area contributed by atoms with E-state index in [-0.39, 0.29) is 6.54 Å². The number of carboxylic acid groups (broad SMARTS) is 1. The first-order valence-corrected chi connectivity index (χ1v) is 10.3. The highest BCUT2D eigenvalue weighted by Gasteiger charge is 2.04. The Morgan fingerprint density at radius 2 is 1.35 bits per heavy atom. The zero-order valence-corrected chi connectivity index (χ0v) is 18.2. The molecule has 0 aromatic heterocycles. The third-order valence-corrected chi connectivity index (χ3v) is 4.51. The van der Waals surface area contributed by atoms with Gasteiger partial charge in [0.05, 0.1) is 13.2 Å². The van der Waals surface area contributed by atoms with Crippen LogP contribution in [0.2, 0.25) is 0 Å². The van der Waals surface area contributed by atoms with Crippen molar-refractivity contribution >= 4 is 5.97 Å². The molecule has 164 valence electrons. The maximum Gasteiger partial charge on any atom is 0.317 e. The first-order chi connectivity index (χ1) is 15.1. The summed E-state index contributed by atoms with van der Waals surface area (Å²) in [6, 6.07) is 28.1. The van der Waals surface area contributed by atoms with Crippen molar-refractivity contribution < 1.29 is 19.4 Å². The van der Waals surface area contributed by atoms with Crippen LogP contribution in [0.3, 0.4) is 0 Å². The number of benzene rings is 3. The van der Waals surface area contributed by atoms with Crippen molar-refractivity contribution in [3.8, 4) is 5.75 Å². The fourth-order valence-corrected chi connectivity index (χ4v) is 2.86. The van der Waals surface area contributed by atoms with Crippen LogP contribution in [0.15, 0.2) is 84.9 Å². The van der Waals surface area contributed by atoms with Crippen molar-refractivity contribution in [2.45, 2.75) is 19.6 Å². The van der Waals surface area contributed by atoms with E-state index in [1.54, 1.807) is 12.0 Å². The van der Waals surface area contributed by atoms with Gasteiger partial charge in [-0.15, -0.1) is 0 Å². The minimum atomic E-state index is -0.799. The lowest BCUT2D eigenvalue weighted by molar-refractivity contribution is -0.137. The lowest BCUT2D eigenvalue weighted by Gasteiger charge is -2.13. The molecule has 0 spiro atoms. The molecule has 0 fully saturated rings. The number of aliphatic carboxylic acids is 1. The number of likely N-dealkylation sites (N-methyl/N-ethyl adjacent to an activating group) is 1. The fourth-order valence-electron chi connectivity index (χ4n) is 2.86. The first-order valence-electron chi connectivity index (χ1n) is 10.3. The van der Waals surface area contributed by atoms with Crippen molar-refractivity contribution in [3.05, 3.63) is 102 Å². The van der Waals surface area contributed by atoms with Gasteiger partial charge in [-0.2, -0.15) is 0 Å². The number of nitrogens with zero attached hydrogens (tertiary/aromatic N) is 1. The zero-order valence-electron chi connectivity index (χ0n) is 18.2. The fraction of sp³-hybridized carbons (Fsp3) is 0.269. The SMILES string of the molecule is CN(CCc1ccc(OCc2ccccc2)cc1)CC(=O)O.COCc1ccccc1. The summed E-state index contributed by atoms with van der Waals surface area (Å²) in [6.45, 7) is 2.05. The predicted octanol–water partition coefficient (Wildman–Crippen LogP) is 4.66. The van der Waals surface area contributed by atoms with Crippen LogP contribution in [0.1, 0.15) is 16.7 Å². The number of methoxy groups -OCH3 is 1. The quantitative estimate of drug-likeness (QED) is 0.516. The molecule has 5 heteroatoms. The molecule has 0 saturated carbocycles. The van der Waals surface area contributed by atoms with E-state index in [0.717, 1.165) is 24.3 Å². The molecule has 0 aliphatic heterocycles. The number of ether oxygens (including phenoxy) is 2. The molecule has 0 aliphatic carbocycles. The topological polar surface area (TPSA) is 59.0 Å². The van der Waals surface area contributed by atoms with Crippen molar-refractivity contribution in [1.29, 1.82) is 0 Å². The second-order valence-electron chi connectivity index (χ2n) is 7.22. The van der Waals surface area contributed by atoms with Crippen LogP contribution in [0, 0.1) is 0 Å². The number of hydrogen-bond donors (Lipinski definition) is 1. The van der Waals surface area contributed by atoms with E-state index < -0.39 is 5.97 Å². The van der Waals surface area contributed by atoms with Crippen LogP contribution in [0.5, 0.6) is 5.75 Å². The Bertz CT molecular complexity index is 867. The number of carbonyl (C=O) groups is 1. The average Bonchev–Trinajstić information content (AvgIpc) is 2.79. The molecule has 0 aliphatic rings. The molecule has 3 aromatic rings. The summed E-state index contributed by atoms with van der Waals surface area (Å²) >= 11 is 0. The number of carboxylic acids is 1. The molecule has 0 heterocycles. The van der Waals surface area contributed by atoms with Crippen LogP contribution >= 0.6 is 0 Å². The summed E-state index contributed by atoms with van der Waals surface area (Å²) in [6.07, 6.45) is 0.822. The van der Waals surface area contributed by atoms with Gasteiger partial charge in [-0.3, -0.25) is 9.69 Å². The third-order valence-electron chi connectivity index (χ3n) is 4.51. The normalized spacial score (nSPS) is 10.3. The van der Waals surface area contributed by atoms with Crippen LogP contribution < -0.4 is 4.74 Å². The molecular formula is C26H31NO4. The summed E-state index contributed by atoms with van der Waals surface area (Å²) in [4.78, 5) is 12.4. The smallest absolute Gasteiger partial charge is 0.317 e. The van der Waals surface area contributed by atoms with Crippen molar-refractivity contribution in [1.82, 2.24) is 4.90 Å². The number of rotatable bonds is 10. The standard InChI is InChI=1S/C18H21NO3.C8H10O/c1-19(13-18(20)21)12-11-15-7-9-17(10-8-15)22-14-16-5-3-2-4-6-16;1-9-7-8-5-3-2-4-6-8/h2-10H,11-14H2,1H3,(H,20,21);2-6H,7H2,1H3. The van der Waals surface area contributed by atoms with Gasteiger partial charge in [0.2, 0.25) is 0 Å². The van der Waals surface area contributed by atoms with Gasteiger partial charge in [0.15, 0.2) is 0 Å². The van der Waals surface area contributed by atoms with Crippen LogP contribution in [-0.4, -0.2) is 43.2 Å². The molecule has 0 amide bonds. The second kappa shape index (κ2) is 14.0. The molecule has 0 saturated heterocycles. The zero-order chi connectivity index (χ0) is 22.3. The van der Waals surface area contributed by atoms with Gasteiger partial charge >= 0.3 is 5.97 Å². The third kappa shape index (κ3) is 10.4. The van der Waals surface area contributed by atoms with Gasteiger partial charge < -0.3 is 14.6 Å². The Morgan fingerprint density at radius 3 is 1.87 bits per heavy atom. The Kier molecular flexibility index (Phi) is 10.9. The average molecular weight is 422 g/mol. The van der Waals surface area contributed by atoms with E-state index in [0.29, 0.717) is 13.2 Å². The molecule has 1 N–H and O–H groups in total. The highest BCUT2D eigenvalue weighted by molar-refractivity contribution is 5.69. The minimum Gasteiger partial charge on any atom is -0.489 e. The van der Waals surface area contributed by atoms with Gasteiger partial charge in [-0.05, 0) is 42.3 Å². The van der Waals surface area contributed by atoms with E-state index in [2.05, 4.69) is 0 Å².